The van der Waals surface area contributed by atoms with Gasteiger partial charge in [0.15, 0.2) is 5.16 Å². The number of para-hydroxylation sites is 1. The van der Waals surface area contributed by atoms with Gasteiger partial charge in [0.2, 0.25) is 0 Å². The molecule has 0 saturated heterocycles. The summed E-state index contributed by atoms with van der Waals surface area (Å²) in [6.07, 6.45) is 1.45. The minimum Gasteiger partial charge on any atom is -0.497 e. The monoisotopic (exact) mass is 416 g/mol. The molecule has 0 fully saturated rings. The van der Waals surface area contributed by atoms with Gasteiger partial charge in [-0.2, -0.15) is 14.6 Å². The Bertz CT molecular complexity index is 1460. The zero-order valence-corrected chi connectivity index (χ0v) is 17.0. The lowest BCUT2D eigenvalue weighted by molar-refractivity contribution is 0.414. The van der Waals surface area contributed by atoms with Crippen LogP contribution in [0.15, 0.2) is 75.9 Å². The predicted molar refractivity (Wildman–Crippen MR) is 114 cm³/mol. The molecule has 0 aliphatic heterocycles. The predicted octanol–water partition coefficient (Wildman–Crippen LogP) is 3.29. The Balaban J connectivity index is 1.78. The van der Waals surface area contributed by atoms with Crippen molar-refractivity contribution in [2.24, 2.45) is 0 Å². The van der Waals surface area contributed by atoms with E-state index in [9.17, 15) is 4.79 Å². The summed E-state index contributed by atoms with van der Waals surface area (Å²) >= 11 is 1.33. The normalized spacial score (nSPS) is 11.3. The molecule has 0 aliphatic rings. The third kappa shape index (κ3) is 3.09. The third-order valence-electron chi connectivity index (χ3n) is 4.60. The number of nitrogens with zero attached hydrogens (tertiary/aromatic N) is 6. The molecular formula is C21H16N6O2S. The highest BCUT2D eigenvalue weighted by molar-refractivity contribution is 7.99. The van der Waals surface area contributed by atoms with Crippen molar-refractivity contribution in [2.45, 2.75) is 17.1 Å². The van der Waals surface area contributed by atoms with Crippen molar-refractivity contribution in [2.75, 3.05) is 7.11 Å². The fraction of sp³-hybridized carbons (Fsp3) is 0.0952. The molecule has 0 radical (unpaired) electrons. The average molecular weight is 416 g/mol. The van der Waals surface area contributed by atoms with Crippen LogP contribution in [-0.4, -0.2) is 36.2 Å². The maximum absolute atomic E-state index is 13.4. The molecule has 0 amide bonds. The van der Waals surface area contributed by atoms with Crippen molar-refractivity contribution in [1.82, 2.24) is 29.1 Å². The van der Waals surface area contributed by atoms with Gasteiger partial charge in [-0.1, -0.05) is 18.2 Å². The zero-order chi connectivity index (χ0) is 20.7. The molecular weight excluding hydrogens is 400 g/mol. The van der Waals surface area contributed by atoms with E-state index in [0.717, 1.165) is 10.7 Å². The van der Waals surface area contributed by atoms with Crippen molar-refractivity contribution in [3.63, 3.8) is 0 Å². The summed E-state index contributed by atoms with van der Waals surface area (Å²) < 4.78 is 8.58. The number of hydrogen-bond donors (Lipinski definition) is 0. The van der Waals surface area contributed by atoms with Crippen LogP contribution in [0.5, 0.6) is 5.75 Å². The third-order valence-corrected chi connectivity index (χ3v) is 5.56. The average Bonchev–Trinajstić information content (AvgIpc) is 3.22. The largest absolute Gasteiger partial charge is 0.497 e. The first-order valence-corrected chi connectivity index (χ1v) is 9.97. The Morgan fingerprint density at radius 3 is 2.77 bits per heavy atom. The highest BCUT2D eigenvalue weighted by Crippen LogP contribution is 2.29. The van der Waals surface area contributed by atoms with Gasteiger partial charge in [0.25, 0.3) is 11.3 Å². The second kappa shape index (κ2) is 7.27. The molecule has 148 valence electrons. The van der Waals surface area contributed by atoms with Gasteiger partial charge in [0.1, 0.15) is 17.1 Å². The fourth-order valence-corrected chi connectivity index (χ4v) is 4.28. The molecule has 0 bridgehead atoms. The quantitative estimate of drug-likeness (QED) is 0.328. The summed E-state index contributed by atoms with van der Waals surface area (Å²) in [7, 11) is 1.59. The molecule has 8 nitrogen and oxygen atoms in total. The minimum atomic E-state index is -0.156. The lowest BCUT2D eigenvalue weighted by Crippen LogP contribution is -2.21. The highest BCUT2D eigenvalue weighted by atomic mass is 32.2. The van der Waals surface area contributed by atoms with Crippen LogP contribution < -0.4 is 10.3 Å². The Morgan fingerprint density at radius 2 is 1.90 bits per heavy atom. The summed E-state index contributed by atoms with van der Waals surface area (Å²) in [5, 5.41) is 6.07. The number of aryl methyl sites for hydroxylation is 1. The maximum atomic E-state index is 13.4. The number of hydrogen-bond acceptors (Lipinski definition) is 7. The minimum absolute atomic E-state index is 0.156. The Kier molecular flexibility index (Phi) is 4.44. The molecule has 0 atom stereocenters. The fourth-order valence-electron chi connectivity index (χ4n) is 3.22. The topological polar surface area (TPSA) is 87.2 Å². The molecule has 0 unspecified atom stereocenters. The number of rotatable bonds is 4. The van der Waals surface area contributed by atoms with E-state index >= 15 is 0 Å². The van der Waals surface area contributed by atoms with E-state index in [1.807, 2.05) is 55.5 Å². The summed E-state index contributed by atoms with van der Waals surface area (Å²) in [4.78, 5) is 26.8. The van der Waals surface area contributed by atoms with Crippen LogP contribution in [0.2, 0.25) is 0 Å². The van der Waals surface area contributed by atoms with E-state index in [1.54, 1.807) is 22.3 Å². The van der Waals surface area contributed by atoms with Crippen LogP contribution in [0.4, 0.5) is 0 Å². The van der Waals surface area contributed by atoms with Crippen LogP contribution in [0.1, 0.15) is 5.69 Å². The highest BCUT2D eigenvalue weighted by Gasteiger charge is 2.17. The van der Waals surface area contributed by atoms with Gasteiger partial charge < -0.3 is 4.74 Å². The maximum Gasteiger partial charge on any atom is 0.266 e. The van der Waals surface area contributed by atoms with Crippen molar-refractivity contribution in [3.8, 4) is 11.4 Å². The van der Waals surface area contributed by atoms with E-state index < -0.39 is 0 Å². The van der Waals surface area contributed by atoms with Gasteiger partial charge in [-0.15, -0.1) is 0 Å². The lowest BCUT2D eigenvalue weighted by Gasteiger charge is -2.14. The molecule has 2 aromatic carbocycles. The van der Waals surface area contributed by atoms with Crippen molar-refractivity contribution < 1.29 is 4.74 Å². The van der Waals surface area contributed by atoms with Gasteiger partial charge in [-0.3, -0.25) is 9.36 Å². The van der Waals surface area contributed by atoms with Gasteiger partial charge in [-0.05, 0) is 49.0 Å². The first-order chi connectivity index (χ1) is 14.6. The van der Waals surface area contributed by atoms with E-state index in [1.165, 1.54) is 18.1 Å². The van der Waals surface area contributed by atoms with Crippen LogP contribution in [0, 0.1) is 6.92 Å². The van der Waals surface area contributed by atoms with Gasteiger partial charge in [-0.25, -0.2) is 9.97 Å². The van der Waals surface area contributed by atoms with Gasteiger partial charge >= 0.3 is 0 Å². The molecule has 3 heterocycles. The molecule has 5 rings (SSSR count). The summed E-state index contributed by atoms with van der Waals surface area (Å²) in [5.41, 5.74) is 1.94. The number of ether oxygens (including phenoxy) is 1. The van der Waals surface area contributed by atoms with Crippen LogP contribution in [0.25, 0.3) is 22.4 Å². The Labute approximate surface area is 175 Å². The van der Waals surface area contributed by atoms with E-state index in [2.05, 4.69) is 15.1 Å². The molecule has 5 aromatic rings. The van der Waals surface area contributed by atoms with Crippen LogP contribution in [0.3, 0.4) is 0 Å². The first kappa shape index (κ1) is 18.3. The van der Waals surface area contributed by atoms with Crippen molar-refractivity contribution in [1.29, 1.82) is 0 Å². The molecule has 30 heavy (non-hydrogen) atoms. The number of methoxy groups -OCH3 is 1. The van der Waals surface area contributed by atoms with Crippen molar-refractivity contribution in [3.05, 3.63) is 77.0 Å². The standard InChI is InChI=1S/C21H16N6O2S/c1-13-10-18(27-20(24-13)22-12-23-27)30-21-25-17-9-4-3-8-16(17)19(28)26(21)14-6-5-7-15(11-14)29-2/h3-12H,1-2H3. The summed E-state index contributed by atoms with van der Waals surface area (Å²) in [6, 6.07) is 16.5. The van der Waals surface area contributed by atoms with Crippen LogP contribution >= 0.6 is 11.8 Å². The van der Waals surface area contributed by atoms with E-state index in [4.69, 9.17) is 9.72 Å². The summed E-state index contributed by atoms with van der Waals surface area (Å²) in [6.45, 7) is 1.89. The second-order valence-corrected chi connectivity index (χ2v) is 7.55. The number of benzene rings is 2. The van der Waals surface area contributed by atoms with E-state index in [0.29, 0.717) is 33.3 Å². The molecule has 3 aromatic heterocycles. The molecule has 0 N–H and O–H groups in total. The molecule has 9 heteroatoms. The Morgan fingerprint density at radius 1 is 1.03 bits per heavy atom. The van der Waals surface area contributed by atoms with Crippen LogP contribution in [-0.2, 0) is 0 Å². The molecule has 0 aliphatic carbocycles. The van der Waals surface area contributed by atoms with Gasteiger partial charge in [0, 0.05) is 11.8 Å². The number of aromatic nitrogens is 6. The SMILES string of the molecule is COc1cccc(-n2c(Sc3cc(C)nc4ncnn34)nc3ccccc3c2=O)c1. The number of fused-ring (bicyclic) bond motifs is 2. The second-order valence-electron chi connectivity index (χ2n) is 6.56. The van der Waals surface area contributed by atoms with E-state index in [-0.39, 0.29) is 5.56 Å². The first-order valence-electron chi connectivity index (χ1n) is 9.15. The van der Waals surface area contributed by atoms with Gasteiger partial charge in [0.05, 0.1) is 23.7 Å². The summed E-state index contributed by atoms with van der Waals surface area (Å²) in [5.74, 6) is 1.15. The van der Waals surface area contributed by atoms with Crippen molar-refractivity contribution >= 4 is 28.4 Å². The smallest absolute Gasteiger partial charge is 0.266 e. The molecule has 0 saturated carbocycles. The zero-order valence-electron chi connectivity index (χ0n) is 16.2. The Hall–Kier alpha value is -3.72. The molecule has 0 spiro atoms. The lowest BCUT2D eigenvalue weighted by atomic mass is 10.2.